The minimum atomic E-state index is -5.08. The molecule has 1 aliphatic carbocycles. The highest BCUT2D eigenvalue weighted by molar-refractivity contribution is 5.80. The van der Waals surface area contributed by atoms with Gasteiger partial charge in [-0.05, 0) is 42.9 Å². The fourth-order valence-corrected chi connectivity index (χ4v) is 4.22. The molecule has 1 saturated carbocycles. The van der Waals surface area contributed by atoms with Gasteiger partial charge in [0.25, 0.3) is 0 Å². The molecule has 1 aliphatic heterocycles. The van der Waals surface area contributed by atoms with Gasteiger partial charge in [0.1, 0.15) is 5.65 Å². The number of carboxylic acid groups (broad SMARTS) is 2. The van der Waals surface area contributed by atoms with Crippen LogP contribution in [-0.2, 0) is 25.6 Å². The number of carbonyl (C=O) groups excluding carboxylic acids is 2. The number of amides is 2. The first kappa shape index (κ1) is 31.3. The van der Waals surface area contributed by atoms with Crippen LogP contribution < -0.4 is 11.1 Å². The normalized spacial score (nSPS) is 20.0. The number of rotatable bonds is 5. The van der Waals surface area contributed by atoms with Crippen LogP contribution in [0.5, 0.6) is 0 Å². The number of piperidine rings is 1. The van der Waals surface area contributed by atoms with Crippen LogP contribution in [0.1, 0.15) is 24.8 Å². The van der Waals surface area contributed by atoms with Crippen molar-refractivity contribution >= 4 is 34.8 Å². The predicted molar refractivity (Wildman–Crippen MR) is 121 cm³/mol. The number of aromatic nitrogens is 2. The maximum atomic E-state index is 12.6. The topological polar surface area (TPSA) is 179 Å². The van der Waals surface area contributed by atoms with Gasteiger partial charge in [-0.2, -0.15) is 26.3 Å². The van der Waals surface area contributed by atoms with Crippen LogP contribution in [0.2, 0.25) is 0 Å². The summed E-state index contributed by atoms with van der Waals surface area (Å²) in [6, 6.07) is 4.50. The molecule has 2 amide bonds. The highest BCUT2D eigenvalue weighted by Crippen LogP contribution is 2.38. The molecule has 2 bridgehead atoms. The summed E-state index contributed by atoms with van der Waals surface area (Å²) in [7, 11) is 0. The highest BCUT2D eigenvalue weighted by Gasteiger charge is 2.46. The lowest BCUT2D eigenvalue weighted by molar-refractivity contribution is -0.193. The zero-order chi connectivity index (χ0) is 29.5. The van der Waals surface area contributed by atoms with Crippen molar-refractivity contribution in [2.45, 2.75) is 50.1 Å². The fourth-order valence-electron chi connectivity index (χ4n) is 4.22. The average Bonchev–Trinajstić information content (AvgIpc) is 3.57. The Balaban J connectivity index is 0.000000317. The molecule has 2 fully saturated rings. The number of carboxylic acids is 2. The summed E-state index contributed by atoms with van der Waals surface area (Å²) < 4.78 is 63.5. The Morgan fingerprint density at radius 3 is 2.15 bits per heavy atom. The lowest BCUT2D eigenvalue weighted by atomic mass is 10.0. The second-order valence-corrected chi connectivity index (χ2v) is 8.67. The smallest absolute Gasteiger partial charge is 0.475 e. The van der Waals surface area contributed by atoms with Crippen molar-refractivity contribution in [3.8, 4) is 0 Å². The van der Waals surface area contributed by atoms with Crippen molar-refractivity contribution in [3.05, 3.63) is 30.1 Å². The number of aliphatic carboxylic acids is 2. The van der Waals surface area contributed by atoms with Gasteiger partial charge in [-0.25, -0.2) is 14.6 Å². The SMILES string of the molecule is NCC(=O)N[C@H]1C[C@H]2C[C@H]1CN2C(=O)CCc1cnc2[nH]ccc2c1.O=C(O)C(F)(F)F.O=C(O)C(F)(F)F. The summed E-state index contributed by atoms with van der Waals surface area (Å²) in [5.41, 5.74) is 7.32. The first-order chi connectivity index (χ1) is 18.0. The molecule has 3 atom stereocenters. The Morgan fingerprint density at radius 1 is 1.08 bits per heavy atom. The number of alkyl halides is 6. The summed E-state index contributed by atoms with van der Waals surface area (Å²) in [6.07, 6.45) is -3.43. The number of nitrogens with two attached hydrogens (primary N) is 1. The predicted octanol–water partition coefficient (Wildman–Crippen LogP) is 1.83. The third-order valence-electron chi connectivity index (χ3n) is 5.96. The van der Waals surface area contributed by atoms with Crippen LogP contribution in [0, 0.1) is 5.92 Å². The van der Waals surface area contributed by atoms with Crippen molar-refractivity contribution in [3.63, 3.8) is 0 Å². The Labute approximate surface area is 216 Å². The Morgan fingerprint density at radius 2 is 1.67 bits per heavy atom. The molecular weight excluding hydrogens is 544 g/mol. The number of likely N-dealkylation sites (tertiary alicyclic amines) is 1. The molecule has 2 aromatic heterocycles. The second kappa shape index (κ2) is 12.8. The molecule has 1 saturated heterocycles. The van der Waals surface area contributed by atoms with E-state index in [0.29, 0.717) is 18.8 Å². The summed E-state index contributed by atoms with van der Waals surface area (Å²) in [5.74, 6) is -5.06. The van der Waals surface area contributed by atoms with Crippen LogP contribution in [0.4, 0.5) is 26.3 Å². The third-order valence-corrected chi connectivity index (χ3v) is 5.96. The number of halogens is 6. The molecule has 0 radical (unpaired) electrons. The number of fused-ring (bicyclic) bond motifs is 3. The van der Waals surface area contributed by atoms with Crippen LogP contribution >= 0.6 is 0 Å². The largest absolute Gasteiger partial charge is 0.490 e. The fraction of sp³-hybridized carbons (Fsp3) is 0.500. The number of nitrogens with one attached hydrogen (secondary N) is 2. The number of hydrogen-bond acceptors (Lipinski definition) is 6. The first-order valence-corrected chi connectivity index (χ1v) is 11.3. The molecule has 0 aromatic carbocycles. The van der Waals surface area contributed by atoms with Crippen molar-refractivity contribution < 1.29 is 55.7 Å². The number of pyridine rings is 1. The van der Waals surface area contributed by atoms with E-state index >= 15 is 0 Å². The molecule has 17 heteroatoms. The van der Waals surface area contributed by atoms with Gasteiger partial charge in [0.05, 0.1) is 6.54 Å². The zero-order valence-electron chi connectivity index (χ0n) is 20.1. The van der Waals surface area contributed by atoms with Crippen molar-refractivity contribution in [1.82, 2.24) is 20.2 Å². The number of hydrogen-bond donors (Lipinski definition) is 5. The Kier molecular flexibility index (Phi) is 10.3. The van der Waals surface area contributed by atoms with E-state index < -0.39 is 24.3 Å². The molecule has 0 unspecified atom stereocenters. The van der Waals surface area contributed by atoms with E-state index in [1.165, 1.54) is 0 Å². The van der Waals surface area contributed by atoms with Crippen molar-refractivity contribution in [1.29, 1.82) is 0 Å². The van der Waals surface area contributed by atoms with Gasteiger partial charge in [0.2, 0.25) is 11.8 Å². The molecule has 39 heavy (non-hydrogen) atoms. The average molecular weight is 569 g/mol. The van der Waals surface area contributed by atoms with E-state index in [9.17, 15) is 35.9 Å². The van der Waals surface area contributed by atoms with E-state index in [1.54, 1.807) is 0 Å². The van der Waals surface area contributed by atoms with Gasteiger partial charge in [-0.3, -0.25) is 9.59 Å². The van der Waals surface area contributed by atoms with Gasteiger partial charge < -0.3 is 31.1 Å². The minimum absolute atomic E-state index is 0.0239. The summed E-state index contributed by atoms with van der Waals surface area (Å²) >= 11 is 0. The van der Waals surface area contributed by atoms with Crippen LogP contribution in [0.15, 0.2) is 24.5 Å². The molecule has 2 aliphatic rings. The van der Waals surface area contributed by atoms with Crippen molar-refractivity contribution in [2.75, 3.05) is 13.1 Å². The molecular formula is C22H25F6N5O6. The molecule has 216 valence electrons. The number of H-pyrrole nitrogens is 1. The van der Waals surface area contributed by atoms with Crippen LogP contribution in [-0.4, -0.2) is 86.4 Å². The quantitative estimate of drug-likeness (QED) is 0.339. The minimum Gasteiger partial charge on any atom is -0.475 e. The van der Waals surface area contributed by atoms with E-state index in [0.717, 1.165) is 36.0 Å². The summed E-state index contributed by atoms with van der Waals surface area (Å²) in [4.78, 5) is 51.3. The monoisotopic (exact) mass is 569 g/mol. The summed E-state index contributed by atoms with van der Waals surface area (Å²) in [6.45, 7) is 0.768. The van der Waals surface area contributed by atoms with E-state index in [1.807, 2.05) is 23.4 Å². The number of nitrogens with zero attached hydrogens (tertiary/aromatic N) is 2. The zero-order valence-corrected chi connectivity index (χ0v) is 20.1. The Bertz CT molecular complexity index is 1160. The number of carbonyl (C=O) groups is 4. The first-order valence-electron chi connectivity index (χ1n) is 11.3. The third kappa shape index (κ3) is 9.12. The highest BCUT2D eigenvalue weighted by atomic mass is 19.4. The van der Waals surface area contributed by atoms with Crippen LogP contribution in [0.25, 0.3) is 11.0 Å². The lowest BCUT2D eigenvalue weighted by Crippen LogP contribution is -2.48. The molecule has 11 nitrogen and oxygen atoms in total. The number of aromatic amines is 1. The molecule has 3 heterocycles. The van der Waals surface area contributed by atoms with Crippen molar-refractivity contribution in [2.24, 2.45) is 11.7 Å². The Hall–Kier alpha value is -3.89. The van der Waals surface area contributed by atoms with E-state index in [-0.39, 0.29) is 30.4 Å². The van der Waals surface area contributed by atoms with E-state index in [2.05, 4.69) is 21.4 Å². The maximum Gasteiger partial charge on any atom is 0.490 e. The molecule has 0 spiro atoms. The van der Waals surface area contributed by atoms with Gasteiger partial charge in [0, 0.05) is 42.8 Å². The summed E-state index contributed by atoms with van der Waals surface area (Å²) in [5, 5.41) is 18.3. The van der Waals surface area contributed by atoms with Gasteiger partial charge >= 0.3 is 24.3 Å². The maximum absolute atomic E-state index is 12.6. The standard InChI is InChI=1S/C18H23N5O2.2C2HF3O2/c19-8-16(24)22-15-7-14-6-13(15)10-23(14)17(25)2-1-11-5-12-3-4-20-18(12)21-9-11;2*3-2(4,5)1(6)7/h3-5,9,13-15H,1-2,6-8,10,19H2,(H,20,21)(H,22,24);2*(H,6,7)/t13-,14+,15-;;/m0../s1. The second-order valence-electron chi connectivity index (χ2n) is 8.67. The van der Waals surface area contributed by atoms with Gasteiger partial charge in [0.15, 0.2) is 0 Å². The van der Waals surface area contributed by atoms with E-state index in [4.69, 9.17) is 25.5 Å². The van der Waals surface area contributed by atoms with Crippen LogP contribution in [0.3, 0.4) is 0 Å². The van der Waals surface area contributed by atoms with Gasteiger partial charge in [-0.1, -0.05) is 0 Å². The molecule has 4 rings (SSSR count). The number of aryl methyl sites for hydroxylation is 1. The van der Waals surface area contributed by atoms with Gasteiger partial charge in [-0.15, -0.1) is 0 Å². The molecule has 2 aromatic rings. The lowest BCUT2D eigenvalue weighted by Gasteiger charge is -2.32. The molecule has 6 N–H and O–H groups in total.